The molecule has 1 aromatic heterocycles. The number of unbranched alkanes of at least 4 members (excludes halogenated alkanes) is 1. The summed E-state index contributed by atoms with van der Waals surface area (Å²) in [6.45, 7) is 3.61. The van der Waals surface area contributed by atoms with Gasteiger partial charge in [-0.1, -0.05) is 25.5 Å². The molecule has 0 saturated heterocycles. The van der Waals surface area contributed by atoms with Gasteiger partial charge in [0.25, 0.3) is 0 Å². The van der Waals surface area contributed by atoms with Crippen molar-refractivity contribution in [1.82, 2.24) is 0 Å². The van der Waals surface area contributed by atoms with E-state index in [0.717, 1.165) is 30.1 Å². The van der Waals surface area contributed by atoms with Crippen LogP contribution in [0.5, 0.6) is 0 Å². The van der Waals surface area contributed by atoms with Gasteiger partial charge in [-0.15, -0.1) is 11.3 Å². The van der Waals surface area contributed by atoms with Crippen LogP contribution in [0.2, 0.25) is 0 Å². The van der Waals surface area contributed by atoms with Gasteiger partial charge in [0.05, 0.1) is 18.2 Å². The first-order valence-electron chi connectivity index (χ1n) is 8.11. The minimum atomic E-state index is -0.203. The van der Waals surface area contributed by atoms with Gasteiger partial charge in [-0.05, 0) is 48.6 Å². The maximum absolute atomic E-state index is 12.1. The molecule has 1 aromatic carbocycles. The number of urea groups is 1. The molecule has 122 valence electrons. The summed E-state index contributed by atoms with van der Waals surface area (Å²) in [5.74, 6) is 0. The topological polar surface area (TPSA) is 50.4 Å². The number of fused-ring (bicyclic) bond motifs is 1. The molecule has 1 aliphatic heterocycles. The van der Waals surface area contributed by atoms with E-state index in [0.29, 0.717) is 6.61 Å². The lowest BCUT2D eigenvalue weighted by atomic mass is 10.1. The molecule has 1 aliphatic rings. The number of aryl methyl sites for hydroxylation is 1. The van der Waals surface area contributed by atoms with Crippen LogP contribution in [0.4, 0.5) is 15.5 Å². The molecule has 5 heteroatoms. The highest BCUT2D eigenvalue weighted by Crippen LogP contribution is 2.30. The van der Waals surface area contributed by atoms with E-state index in [2.05, 4.69) is 35.8 Å². The molecular weight excluding hydrogens is 308 g/mol. The number of amides is 2. The molecule has 0 bridgehead atoms. The minimum Gasteiger partial charge on any atom is -0.376 e. The Bertz CT molecular complexity index is 641. The maximum Gasteiger partial charge on any atom is 0.324 e. The van der Waals surface area contributed by atoms with Crippen LogP contribution in [-0.2, 0) is 24.2 Å². The van der Waals surface area contributed by atoms with Crippen LogP contribution < -0.4 is 10.6 Å². The molecule has 23 heavy (non-hydrogen) atoms. The Hall–Kier alpha value is -1.85. The van der Waals surface area contributed by atoms with Crippen LogP contribution in [0.25, 0.3) is 0 Å². The van der Waals surface area contributed by atoms with Gasteiger partial charge in [-0.3, -0.25) is 5.32 Å². The predicted molar refractivity (Wildman–Crippen MR) is 95.4 cm³/mol. The molecule has 3 rings (SSSR count). The summed E-state index contributed by atoms with van der Waals surface area (Å²) in [5, 5.41) is 6.66. The zero-order valence-corrected chi connectivity index (χ0v) is 14.2. The van der Waals surface area contributed by atoms with Gasteiger partial charge in [0.1, 0.15) is 0 Å². The van der Waals surface area contributed by atoms with Gasteiger partial charge in [0, 0.05) is 10.6 Å². The number of benzene rings is 1. The molecule has 0 radical (unpaired) electrons. The van der Waals surface area contributed by atoms with Gasteiger partial charge in [0.2, 0.25) is 0 Å². The average molecular weight is 330 g/mol. The molecule has 0 atom stereocenters. The second kappa shape index (κ2) is 7.62. The molecule has 2 N–H and O–H groups in total. The fourth-order valence-electron chi connectivity index (χ4n) is 2.62. The lowest BCUT2D eigenvalue weighted by Crippen LogP contribution is -2.18. The zero-order chi connectivity index (χ0) is 16.1. The number of rotatable bonds is 5. The Morgan fingerprint density at radius 3 is 2.83 bits per heavy atom. The molecule has 2 amide bonds. The van der Waals surface area contributed by atoms with Crippen molar-refractivity contribution < 1.29 is 9.53 Å². The van der Waals surface area contributed by atoms with Crippen molar-refractivity contribution in [3.05, 3.63) is 46.3 Å². The number of carbonyl (C=O) groups is 1. The van der Waals surface area contributed by atoms with Crippen LogP contribution in [0.3, 0.4) is 0 Å². The molecule has 4 nitrogen and oxygen atoms in total. The molecule has 0 spiro atoms. The van der Waals surface area contributed by atoms with Crippen LogP contribution >= 0.6 is 11.3 Å². The fourth-order valence-corrected chi connectivity index (χ4v) is 3.66. The van der Waals surface area contributed by atoms with Crippen molar-refractivity contribution in [3.8, 4) is 0 Å². The Kier molecular flexibility index (Phi) is 5.31. The SMILES string of the molecule is CCCCc1ccc(NC(=O)Nc2cc3c(s2)COCC3)cc1. The summed E-state index contributed by atoms with van der Waals surface area (Å²) in [4.78, 5) is 13.3. The molecule has 0 unspecified atom stereocenters. The van der Waals surface area contributed by atoms with E-state index in [1.165, 1.54) is 28.8 Å². The first kappa shape index (κ1) is 16.0. The van der Waals surface area contributed by atoms with Gasteiger partial charge in [-0.2, -0.15) is 0 Å². The van der Waals surface area contributed by atoms with E-state index in [4.69, 9.17) is 4.74 Å². The van der Waals surface area contributed by atoms with Crippen molar-refractivity contribution in [2.75, 3.05) is 17.2 Å². The molecule has 0 aliphatic carbocycles. The number of anilines is 2. The third kappa shape index (κ3) is 4.33. The minimum absolute atomic E-state index is 0.203. The average Bonchev–Trinajstić information content (AvgIpc) is 2.96. The highest BCUT2D eigenvalue weighted by molar-refractivity contribution is 7.16. The number of thiophene rings is 1. The lowest BCUT2D eigenvalue weighted by Gasteiger charge is -2.10. The number of ether oxygens (including phenoxy) is 1. The number of hydrogen-bond acceptors (Lipinski definition) is 3. The maximum atomic E-state index is 12.1. The largest absolute Gasteiger partial charge is 0.376 e. The monoisotopic (exact) mass is 330 g/mol. The quantitative estimate of drug-likeness (QED) is 0.827. The first-order chi connectivity index (χ1) is 11.2. The van der Waals surface area contributed by atoms with Crippen LogP contribution in [0, 0.1) is 0 Å². The smallest absolute Gasteiger partial charge is 0.324 e. The second-order valence-corrected chi connectivity index (χ2v) is 6.88. The summed E-state index contributed by atoms with van der Waals surface area (Å²) < 4.78 is 5.43. The Labute approximate surface area is 140 Å². The zero-order valence-electron chi connectivity index (χ0n) is 13.4. The molecular formula is C18H22N2O2S. The van der Waals surface area contributed by atoms with Crippen molar-refractivity contribution in [3.63, 3.8) is 0 Å². The van der Waals surface area contributed by atoms with Gasteiger partial charge in [0.15, 0.2) is 0 Å². The van der Waals surface area contributed by atoms with Crippen LogP contribution in [0.15, 0.2) is 30.3 Å². The number of nitrogens with one attached hydrogen (secondary N) is 2. The van der Waals surface area contributed by atoms with Gasteiger partial charge < -0.3 is 10.1 Å². The highest BCUT2D eigenvalue weighted by atomic mass is 32.1. The van der Waals surface area contributed by atoms with Crippen LogP contribution in [0.1, 0.15) is 35.8 Å². The molecule has 0 fully saturated rings. The van der Waals surface area contributed by atoms with Gasteiger partial charge in [-0.25, -0.2) is 4.79 Å². The highest BCUT2D eigenvalue weighted by Gasteiger charge is 2.14. The first-order valence-corrected chi connectivity index (χ1v) is 8.92. The van der Waals surface area contributed by atoms with E-state index in [9.17, 15) is 4.79 Å². The summed E-state index contributed by atoms with van der Waals surface area (Å²) >= 11 is 1.59. The van der Waals surface area contributed by atoms with E-state index < -0.39 is 0 Å². The Balaban J connectivity index is 1.55. The number of hydrogen-bond donors (Lipinski definition) is 2. The molecule has 2 heterocycles. The summed E-state index contributed by atoms with van der Waals surface area (Å²) in [5.41, 5.74) is 3.41. The Morgan fingerprint density at radius 2 is 2.09 bits per heavy atom. The third-order valence-electron chi connectivity index (χ3n) is 3.91. The van der Waals surface area contributed by atoms with Crippen molar-refractivity contribution in [1.29, 1.82) is 0 Å². The van der Waals surface area contributed by atoms with Crippen molar-refractivity contribution in [2.24, 2.45) is 0 Å². The van der Waals surface area contributed by atoms with E-state index in [1.54, 1.807) is 11.3 Å². The standard InChI is InChI=1S/C18H22N2O2S/c1-2-3-4-13-5-7-15(8-6-13)19-18(21)20-17-11-14-9-10-22-12-16(14)23-17/h5-8,11H,2-4,9-10,12H2,1H3,(H2,19,20,21). The van der Waals surface area contributed by atoms with E-state index >= 15 is 0 Å². The van der Waals surface area contributed by atoms with E-state index in [-0.39, 0.29) is 6.03 Å². The lowest BCUT2D eigenvalue weighted by molar-refractivity contribution is 0.113. The molecule has 2 aromatic rings. The second-order valence-electron chi connectivity index (χ2n) is 5.74. The Morgan fingerprint density at radius 1 is 1.26 bits per heavy atom. The number of carbonyl (C=O) groups excluding carboxylic acids is 1. The summed E-state index contributed by atoms with van der Waals surface area (Å²) in [7, 11) is 0. The van der Waals surface area contributed by atoms with Crippen molar-refractivity contribution >= 4 is 28.1 Å². The summed E-state index contributed by atoms with van der Waals surface area (Å²) in [6.07, 6.45) is 4.40. The molecule has 0 saturated carbocycles. The normalized spacial score (nSPS) is 13.4. The summed E-state index contributed by atoms with van der Waals surface area (Å²) in [6, 6.07) is 9.91. The third-order valence-corrected chi connectivity index (χ3v) is 4.98. The van der Waals surface area contributed by atoms with E-state index in [1.807, 2.05) is 12.1 Å². The fraction of sp³-hybridized carbons (Fsp3) is 0.389. The van der Waals surface area contributed by atoms with Crippen molar-refractivity contribution in [2.45, 2.75) is 39.2 Å². The predicted octanol–water partition coefficient (Wildman–Crippen LogP) is 4.81. The van der Waals surface area contributed by atoms with Crippen LogP contribution in [-0.4, -0.2) is 12.6 Å². The van der Waals surface area contributed by atoms with Gasteiger partial charge >= 0.3 is 6.03 Å².